The lowest BCUT2D eigenvalue weighted by Crippen LogP contribution is -2.42. The largest absolute Gasteiger partial charge is 0.419 e. The summed E-state index contributed by atoms with van der Waals surface area (Å²) in [6.45, 7) is 5.62. The second-order valence-electron chi connectivity index (χ2n) is 6.07. The molecular formula is C18H22N2O5. The Morgan fingerprint density at radius 2 is 1.88 bits per heavy atom. The Hall–Kier alpha value is -2.83. The molecule has 25 heavy (non-hydrogen) atoms. The van der Waals surface area contributed by atoms with E-state index in [2.05, 4.69) is 10.6 Å². The van der Waals surface area contributed by atoms with Gasteiger partial charge in [-0.15, -0.1) is 0 Å². The van der Waals surface area contributed by atoms with Crippen LogP contribution in [0.1, 0.15) is 44.0 Å². The molecule has 0 spiro atoms. The van der Waals surface area contributed by atoms with Crippen LogP contribution in [0.2, 0.25) is 0 Å². The quantitative estimate of drug-likeness (QED) is 0.355. The van der Waals surface area contributed by atoms with Gasteiger partial charge in [0, 0.05) is 37.8 Å². The number of benzene rings is 1. The number of unbranched alkanes of at least 4 members (excludes halogenated alkanes) is 1. The van der Waals surface area contributed by atoms with Crippen molar-refractivity contribution in [2.45, 2.75) is 39.4 Å². The first-order valence-corrected chi connectivity index (χ1v) is 8.14. The molecule has 0 atom stereocenters. The minimum absolute atomic E-state index is 0.178. The third kappa shape index (κ3) is 5.07. The van der Waals surface area contributed by atoms with Crippen molar-refractivity contribution in [3.05, 3.63) is 41.6 Å². The van der Waals surface area contributed by atoms with Gasteiger partial charge < -0.3 is 20.1 Å². The Labute approximate surface area is 146 Å². The lowest BCUT2D eigenvalue weighted by Gasteiger charge is -2.29. The predicted molar refractivity (Wildman–Crippen MR) is 91.7 cm³/mol. The van der Waals surface area contributed by atoms with Gasteiger partial charge in [-0.3, -0.25) is 4.79 Å². The van der Waals surface area contributed by atoms with Crippen LogP contribution in [-0.2, 0) is 19.1 Å². The zero-order valence-electron chi connectivity index (χ0n) is 14.5. The van der Waals surface area contributed by atoms with E-state index in [-0.39, 0.29) is 11.5 Å². The van der Waals surface area contributed by atoms with Crippen molar-refractivity contribution in [2.75, 3.05) is 11.9 Å². The molecule has 1 aromatic rings. The second-order valence-corrected chi connectivity index (χ2v) is 6.07. The van der Waals surface area contributed by atoms with Crippen LogP contribution in [0.25, 0.3) is 0 Å². The normalized spacial score (nSPS) is 15.9. The number of ether oxygens (including phenoxy) is 2. The summed E-state index contributed by atoms with van der Waals surface area (Å²) in [6.07, 6.45) is 3.13. The molecule has 1 aliphatic heterocycles. The number of carbonyl (C=O) groups is 3. The molecule has 1 saturated heterocycles. The van der Waals surface area contributed by atoms with E-state index >= 15 is 0 Å². The first-order chi connectivity index (χ1) is 11.8. The van der Waals surface area contributed by atoms with Crippen molar-refractivity contribution in [1.29, 1.82) is 0 Å². The third-order valence-electron chi connectivity index (χ3n) is 3.44. The first-order valence-electron chi connectivity index (χ1n) is 8.14. The van der Waals surface area contributed by atoms with Gasteiger partial charge in [0.15, 0.2) is 5.57 Å². The Balaban J connectivity index is 2.06. The van der Waals surface area contributed by atoms with Crippen LogP contribution >= 0.6 is 0 Å². The van der Waals surface area contributed by atoms with Crippen LogP contribution in [0, 0.1) is 0 Å². The number of hydrogen-bond donors (Lipinski definition) is 2. The Bertz CT molecular complexity index is 687. The van der Waals surface area contributed by atoms with E-state index in [1.54, 1.807) is 24.3 Å². The van der Waals surface area contributed by atoms with E-state index in [1.165, 1.54) is 20.0 Å². The van der Waals surface area contributed by atoms with Crippen molar-refractivity contribution in [3.8, 4) is 0 Å². The van der Waals surface area contributed by atoms with Gasteiger partial charge >= 0.3 is 11.9 Å². The standard InChI is InChI=1S/C18H22N2O5/c1-4-5-9-19-15(21)12-7-6-8-13(10-12)20-11-14-16(22)24-18(2,3)25-17(14)23/h6-8,10-11,20H,4-5,9H2,1-3H3,(H,19,21). The summed E-state index contributed by atoms with van der Waals surface area (Å²) in [4.78, 5) is 35.8. The summed E-state index contributed by atoms with van der Waals surface area (Å²) in [5.41, 5.74) is 0.799. The summed E-state index contributed by atoms with van der Waals surface area (Å²) in [5.74, 6) is -2.98. The highest BCUT2D eigenvalue weighted by atomic mass is 16.7. The number of anilines is 1. The number of nitrogens with one attached hydrogen (secondary N) is 2. The first kappa shape index (κ1) is 18.5. The lowest BCUT2D eigenvalue weighted by atomic mass is 10.1. The van der Waals surface area contributed by atoms with Gasteiger partial charge in [-0.05, 0) is 24.6 Å². The highest BCUT2D eigenvalue weighted by Gasteiger charge is 2.38. The Morgan fingerprint density at radius 3 is 2.52 bits per heavy atom. The van der Waals surface area contributed by atoms with Gasteiger partial charge in [0.1, 0.15) is 0 Å². The zero-order chi connectivity index (χ0) is 18.4. The van der Waals surface area contributed by atoms with E-state index in [4.69, 9.17) is 9.47 Å². The zero-order valence-corrected chi connectivity index (χ0v) is 14.5. The summed E-state index contributed by atoms with van der Waals surface area (Å²) < 4.78 is 10.0. The van der Waals surface area contributed by atoms with Gasteiger partial charge in [0.05, 0.1) is 0 Å². The van der Waals surface area contributed by atoms with Crippen molar-refractivity contribution >= 4 is 23.5 Å². The molecule has 0 bridgehead atoms. The van der Waals surface area contributed by atoms with Crippen LogP contribution in [0.15, 0.2) is 36.0 Å². The summed E-state index contributed by atoms with van der Waals surface area (Å²) in [7, 11) is 0. The predicted octanol–water partition coefficient (Wildman–Crippen LogP) is 2.35. The van der Waals surface area contributed by atoms with Crippen molar-refractivity contribution in [1.82, 2.24) is 5.32 Å². The topological polar surface area (TPSA) is 93.7 Å². The van der Waals surface area contributed by atoms with Gasteiger partial charge in [0.25, 0.3) is 11.7 Å². The SMILES string of the molecule is CCCCNC(=O)c1cccc(NC=C2C(=O)OC(C)(C)OC2=O)c1. The number of rotatable bonds is 6. The lowest BCUT2D eigenvalue weighted by molar-refractivity contribution is -0.222. The van der Waals surface area contributed by atoms with Crippen molar-refractivity contribution < 1.29 is 23.9 Å². The summed E-state index contributed by atoms with van der Waals surface area (Å²) in [5, 5.41) is 5.65. The molecule has 0 aliphatic carbocycles. The van der Waals surface area contributed by atoms with Gasteiger partial charge in [-0.2, -0.15) is 0 Å². The van der Waals surface area contributed by atoms with E-state index in [1.807, 2.05) is 6.92 Å². The molecule has 2 rings (SSSR count). The Kier molecular flexibility index (Phi) is 5.80. The molecule has 0 radical (unpaired) electrons. The van der Waals surface area contributed by atoms with Crippen molar-refractivity contribution in [3.63, 3.8) is 0 Å². The van der Waals surface area contributed by atoms with Crippen LogP contribution in [-0.4, -0.2) is 30.2 Å². The molecule has 0 unspecified atom stereocenters. The monoisotopic (exact) mass is 346 g/mol. The maximum Gasteiger partial charge on any atom is 0.350 e. The minimum Gasteiger partial charge on any atom is -0.419 e. The highest BCUT2D eigenvalue weighted by Crippen LogP contribution is 2.22. The van der Waals surface area contributed by atoms with Crippen LogP contribution in [0.3, 0.4) is 0 Å². The molecule has 134 valence electrons. The molecule has 2 N–H and O–H groups in total. The van der Waals surface area contributed by atoms with E-state index in [0.717, 1.165) is 12.8 Å². The molecule has 0 aromatic heterocycles. The maximum absolute atomic E-state index is 12.1. The number of amides is 1. The number of cyclic esters (lactones) is 2. The average Bonchev–Trinajstić information content (AvgIpc) is 2.53. The fourth-order valence-corrected chi connectivity index (χ4v) is 2.16. The second kappa shape index (κ2) is 7.83. The molecule has 1 heterocycles. The van der Waals surface area contributed by atoms with Crippen LogP contribution < -0.4 is 10.6 Å². The molecule has 0 saturated carbocycles. The molecule has 7 heteroatoms. The molecule has 7 nitrogen and oxygen atoms in total. The van der Waals surface area contributed by atoms with Gasteiger partial charge in [-0.25, -0.2) is 9.59 Å². The molecule has 1 aromatic carbocycles. The number of hydrogen-bond acceptors (Lipinski definition) is 6. The highest BCUT2D eigenvalue weighted by molar-refractivity contribution is 6.15. The summed E-state index contributed by atoms with van der Waals surface area (Å²) in [6, 6.07) is 6.73. The summed E-state index contributed by atoms with van der Waals surface area (Å²) >= 11 is 0. The number of esters is 2. The molecular weight excluding hydrogens is 324 g/mol. The fourth-order valence-electron chi connectivity index (χ4n) is 2.16. The number of carbonyl (C=O) groups excluding carboxylic acids is 3. The van der Waals surface area contributed by atoms with Crippen LogP contribution in [0.4, 0.5) is 5.69 Å². The van der Waals surface area contributed by atoms with E-state index < -0.39 is 17.7 Å². The van der Waals surface area contributed by atoms with E-state index in [0.29, 0.717) is 17.8 Å². The van der Waals surface area contributed by atoms with Gasteiger partial charge in [-0.1, -0.05) is 19.4 Å². The molecule has 1 amide bonds. The van der Waals surface area contributed by atoms with Crippen LogP contribution in [0.5, 0.6) is 0 Å². The van der Waals surface area contributed by atoms with E-state index in [9.17, 15) is 14.4 Å². The smallest absolute Gasteiger partial charge is 0.350 e. The Morgan fingerprint density at radius 1 is 1.20 bits per heavy atom. The maximum atomic E-state index is 12.1. The average molecular weight is 346 g/mol. The fraction of sp³-hybridized carbons (Fsp3) is 0.389. The minimum atomic E-state index is -1.28. The molecule has 1 aliphatic rings. The van der Waals surface area contributed by atoms with Crippen molar-refractivity contribution in [2.24, 2.45) is 0 Å². The third-order valence-corrected chi connectivity index (χ3v) is 3.44. The van der Waals surface area contributed by atoms with Gasteiger partial charge in [0.2, 0.25) is 0 Å². The molecule has 1 fully saturated rings.